The third kappa shape index (κ3) is 2.88. The fourth-order valence-corrected chi connectivity index (χ4v) is 1.15. The molecular weight excluding hydrogens is 210 g/mol. The molecule has 0 saturated carbocycles. The van der Waals surface area contributed by atoms with Gasteiger partial charge in [0.05, 0.1) is 13.3 Å². The molecule has 4 N–H and O–H groups in total. The van der Waals surface area contributed by atoms with Gasteiger partial charge in [-0.1, -0.05) is 0 Å². The molecule has 1 aromatic rings. The molecule has 0 atom stereocenters. The highest BCUT2D eigenvalue weighted by Gasteiger charge is 2.05. The summed E-state index contributed by atoms with van der Waals surface area (Å²) in [6.07, 6.45) is 1.29. The Morgan fingerprint density at radius 1 is 1.62 bits per heavy atom. The van der Waals surface area contributed by atoms with E-state index in [1.54, 1.807) is 19.1 Å². The zero-order valence-electron chi connectivity index (χ0n) is 9.02. The van der Waals surface area contributed by atoms with Crippen LogP contribution < -0.4 is 15.9 Å². The SMILES string of the molecule is COc1cc(C)c(O)c(C=NNC(N)=O)c1. The van der Waals surface area contributed by atoms with E-state index in [4.69, 9.17) is 10.5 Å². The Morgan fingerprint density at radius 3 is 2.88 bits per heavy atom. The molecular formula is C10H13N3O3. The predicted octanol–water partition coefficient (Wildman–Crippen LogP) is 0.711. The molecule has 0 radical (unpaired) electrons. The second-order valence-corrected chi connectivity index (χ2v) is 3.12. The van der Waals surface area contributed by atoms with Crippen molar-refractivity contribution in [2.24, 2.45) is 10.8 Å². The number of amides is 2. The molecule has 0 fully saturated rings. The van der Waals surface area contributed by atoms with Crippen LogP contribution in [0.3, 0.4) is 0 Å². The minimum absolute atomic E-state index is 0.0795. The van der Waals surface area contributed by atoms with Gasteiger partial charge in [0.2, 0.25) is 0 Å². The van der Waals surface area contributed by atoms with Gasteiger partial charge < -0.3 is 15.6 Å². The zero-order valence-corrected chi connectivity index (χ0v) is 9.02. The lowest BCUT2D eigenvalue weighted by Gasteiger charge is -2.06. The number of nitrogens with two attached hydrogens (primary N) is 1. The second kappa shape index (κ2) is 5.01. The number of aryl methyl sites for hydroxylation is 1. The fraction of sp³-hybridized carbons (Fsp3) is 0.200. The normalized spacial score (nSPS) is 10.4. The summed E-state index contributed by atoms with van der Waals surface area (Å²) >= 11 is 0. The minimum Gasteiger partial charge on any atom is -0.507 e. The lowest BCUT2D eigenvalue weighted by Crippen LogP contribution is -2.24. The number of nitrogens with zero attached hydrogens (tertiary/aromatic N) is 1. The van der Waals surface area contributed by atoms with Crippen molar-refractivity contribution in [3.05, 3.63) is 23.3 Å². The van der Waals surface area contributed by atoms with Gasteiger partial charge in [-0.05, 0) is 24.6 Å². The first kappa shape index (κ1) is 11.8. The number of methoxy groups -OCH3 is 1. The number of aromatic hydroxyl groups is 1. The number of hydrogen-bond donors (Lipinski definition) is 3. The van der Waals surface area contributed by atoms with Crippen molar-refractivity contribution in [1.82, 2.24) is 5.43 Å². The molecule has 16 heavy (non-hydrogen) atoms. The van der Waals surface area contributed by atoms with Crippen molar-refractivity contribution in [2.75, 3.05) is 7.11 Å². The monoisotopic (exact) mass is 223 g/mol. The van der Waals surface area contributed by atoms with E-state index in [9.17, 15) is 9.90 Å². The molecule has 6 heteroatoms. The van der Waals surface area contributed by atoms with Gasteiger partial charge in [0, 0.05) is 5.56 Å². The van der Waals surface area contributed by atoms with Crippen LogP contribution in [0, 0.1) is 6.92 Å². The van der Waals surface area contributed by atoms with E-state index in [0.29, 0.717) is 16.9 Å². The first-order chi connectivity index (χ1) is 7.54. The summed E-state index contributed by atoms with van der Waals surface area (Å²) in [6.45, 7) is 1.73. The zero-order chi connectivity index (χ0) is 12.1. The van der Waals surface area contributed by atoms with Gasteiger partial charge in [-0.15, -0.1) is 0 Å². The number of phenols is 1. The maximum absolute atomic E-state index is 10.4. The topological polar surface area (TPSA) is 96.9 Å². The van der Waals surface area contributed by atoms with Crippen molar-refractivity contribution in [2.45, 2.75) is 6.92 Å². The summed E-state index contributed by atoms with van der Waals surface area (Å²) in [7, 11) is 1.52. The quantitative estimate of drug-likeness (QED) is 0.520. The molecule has 1 aromatic carbocycles. The highest BCUT2D eigenvalue weighted by Crippen LogP contribution is 2.26. The molecule has 0 unspecified atom stereocenters. The van der Waals surface area contributed by atoms with Gasteiger partial charge >= 0.3 is 6.03 Å². The van der Waals surface area contributed by atoms with Crippen LogP contribution in [0.15, 0.2) is 17.2 Å². The second-order valence-electron chi connectivity index (χ2n) is 3.12. The van der Waals surface area contributed by atoms with Crippen molar-refractivity contribution in [1.29, 1.82) is 0 Å². The van der Waals surface area contributed by atoms with Crippen molar-refractivity contribution in [3.8, 4) is 11.5 Å². The van der Waals surface area contributed by atoms with E-state index >= 15 is 0 Å². The van der Waals surface area contributed by atoms with Crippen LogP contribution >= 0.6 is 0 Å². The Labute approximate surface area is 92.7 Å². The number of hydrazone groups is 1. The Morgan fingerprint density at radius 2 is 2.31 bits per heavy atom. The summed E-state index contributed by atoms with van der Waals surface area (Å²) in [5, 5.41) is 13.2. The Bertz CT molecular complexity index is 430. The molecule has 0 aromatic heterocycles. The fourth-order valence-electron chi connectivity index (χ4n) is 1.15. The van der Waals surface area contributed by atoms with E-state index in [0.717, 1.165) is 0 Å². The van der Waals surface area contributed by atoms with Crippen LogP contribution in [0.5, 0.6) is 11.5 Å². The molecule has 0 aliphatic heterocycles. The average Bonchev–Trinajstić information content (AvgIpc) is 2.23. The molecule has 2 amide bonds. The summed E-state index contributed by atoms with van der Waals surface area (Å²) in [4.78, 5) is 10.4. The number of rotatable bonds is 3. The van der Waals surface area contributed by atoms with Crippen LogP contribution in [0.4, 0.5) is 4.79 Å². The highest BCUT2D eigenvalue weighted by molar-refractivity contribution is 5.85. The van der Waals surface area contributed by atoms with Gasteiger partial charge in [0.1, 0.15) is 11.5 Å². The molecule has 86 valence electrons. The first-order valence-electron chi connectivity index (χ1n) is 4.50. The van der Waals surface area contributed by atoms with Gasteiger partial charge in [0.15, 0.2) is 0 Å². The third-order valence-electron chi connectivity index (χ3n) is 1.92. The summed E-state index contributed by atoms with van der Waals surface area (Å²) in [5.74, 6) is 0.673. The van der Waals surface area contributed by atoms with Crippen LogP contribution in [0.1, 0.15) is 11.1 Å². The molecule has 1 rings (SSSR count). The number of carbonyl (C=O) groups excluding carboxylic acids is 1. The number of ether oxygens (including phenoxy) is 1. The van der Waals surface area contributed by atoms with E-state index in [-0.39, 0.29) is 5.75 Å². The van der Waals surface area contributed by atoms with Crippen LogP contribution in [-0.4, -0.2) is 24.5 Å². The van der Waals surface area contributed by atoms with E-state index in [1.165, 1.54) is 13.3 Å². The van der Waals surface area contributed by atoms with E-state index < -0.39 is 6.03 Å². The number of primary amides is 1. The number of benzene rings is 1. The first-order valence-corrected chi connectivity index (χ1v) is 4.50. The third-order valence-corrected chi connectivity index (χ3v) is 1.92. The van der Waals surface area contributed by atoms with Crippen LogP contribution in [0.25, 0.3) is 0 Å². The maximum Gasteiger partial charge on any atom is 0.332 e. The van der Waals surface area contributed by atoms with Crippen LogP contribution in [0.2, 0.25) is 0 Å². The lowest BCUT2D eigenvalue weighted by atomic mass is 10.1. The number of hydrogen-bond acceptors (Lipinski definition) is 4. The van der Waals surface area contributed by atoms with Gasteiger partial charge in [0.25, 0.3) is 0 Å². The van der Waals surface area contributed by atoms with Crippen molar-refractivity contribution < 1.29 is 14.6 Å². The maximum atomic E-state index is 10.4. The molecule has 0 spiro atoms. The highest BCUT2D eigenvalue weighted by atomic mass is 16.5. The summed E-state index contributed by atoms with van der Waals surface area (Å²) in [6, 6.07) is 2.51. The van der Waals surface area contributed by atoms with Gasteiger partial charge in [-0.25, -0.2) is 10.2 Å². The standard InChI is InChI=1S/C10H13N3O3/c1-6-3-8(16-2)4-7(9(6)14)5-12-13-10(11)15/h3-5,14H,1-2H3,(H3,11,13,15). The van der Waals surface area contributed by atoms with E-state index in [2.05, 4.69) is 5.10 Å². The van der Waals surface area contributed by atoms with Crippen molar-refractivity contribution in [3.63, 3.8) is 0 Å². The van der Waals surface area contributed by atoms with Crippen molar-refractivity contribution >= 4 is 12.2 Å². The molecule has 0 aliphatic carbocycles. The summed E-state index contributed by atoms with van der Waals surface area (Å²) in [5.41, 5.74) is 7.95. The number of nitrogens with one attached hydrogen (secondary N) is 1. The van der Waals surface area contributed by atoms with Gasteiger partial charge in [-0.3, -0.25) is 0 Å². The number of phenolic OH excluding ortho intramolecular Hbond substituents is 1. The smallest absolute Gasteiger partial charge is 0.332 e. The minimum atomic E-state index is -0.768. The largest absolute Gasteiger partial charge is 0.507 e. The number of carbonyl (C=O) groups is 1. The lowest BCUT2D eigenvalue weighted by molar-refractivity contribution is 0.249. The molecule has 6 nitrogen and oxygen atoms in total. The Kier molecular flexibility index (Phi) is 3.71. The summed E-state index contributed by atoms with van der Waals surface area (Å²) < 4.78 is 5.03. The van der Waals surface area contributed by atoms with Gasteiger partial charge in [-0.2, -0.15) is 5.10 Å². The Hall–Kier alpha value is -2.24. The van der Waals surface area contributed by atoms with Crippen LogP contribution in [-0.2, 0) is 0 Å². The molecule has 0 saturated heterocycles. The van der Waals surface area contributed by atoms with E-state index in [1.807, 2.05) is 5.43 Å². The molecule has 0 bridgehead atoms. The average molecular weight is 223 g/mol. The number of urea groups is 1. The molecule has 0 aliphatic rings. The predicted molar refractivity (Wildman–Crippen MR) is 59.7 cm³/mol. The molecule has 0 heterocycles. The Balaban J connectivity index is 2.98.